The molecule has 0 unspecified atom stereocenters. The van der Waals surface area contributed by atoms with Gasteiger partial charge in [0.2, 0.25) is 0 Å². The van der Waals surface area contributed by atoms with Crippen LogP contribution in [0.25, 0.3) is 0 Å². The van der Waals surface area contributed by atoms with E-state index in [2.05, 4.69) is 88.5 Å². The Labute approximate surface area is 155 Å². The molecule has 0 saturated heterocycles. The van der Waals surface area contributed by atoms with E-state index in [0.717, 1.165) is 29.5 Å². The zero-order valence-corrected chi connectivity index (χ0v) is 16.0. The maximum atomic E-state index is 4.62. The fourth-order valence-corrected chi connectivity index (χ4v) is 2.67. The number of unbranched alkanes of at least 4 members (excludes halogenated alkanes) is 4. The Morgan fingerprint density at radius 1 is 0.833 bits per heavy atom. The van der Waals surface area contributed by atoms with E-state index in [1.165, 1.54) is 36.8 Å². The van der Waals surface area contributed by atoms with Gasteiger partial charge in [-0.3, -0.25) is 0 Å². The van der Waals surface area contributed by atoms with E-state index < -0.39 is 0 Å². The zero-order chi connectivity index (χ0) is 17.0. The highest BCUT2D eigenvalue weighted by atomic mass is 79.9. The normalized spacial score (nSPS) is 10.2. The third-order valence-electron chi connectivity index (χ3n) is 3.84. The number of halogens is 1. The molecule has 0 saturated carbocycles. The molecule has 2 heteroatoms. The molecule has 24 heavy (non-hydrogen) atoms. The zero-order valence-electron chi connectivity index (χ0n) is 14.4. The predicted octanol–water partition coefficient (Wildman–Crippen LogP) is 6.08. The second-order valence-electron chi connectivity index (χ2n) is 5.98. The van der Waals surface area contributed by atoms with Crippen LogP contribution in [0.15, 0.2) is 53.0 Å². The summed E-state index contributed by atoms with van der Waals surface area (Å²) in [6.07, 6.45) is 6.12. The molecule has 0 N–H and O–H groups in total. The quantitative estimate of drug-likeness (QED) is 0.388. The van der Waals surface area contributed by atoms with E-state index in [1.54, 1.807) is 0 Å². The van der Waals surface area contributed by atoms with Crippen molar-refractivity contribution in [3.05, 3.63) is 69.7 Å². The van der Waals surface area contributed by atoms with E-state index in [9.17, 15) is 0 Å². The van der Waals surface area contributed by atoms with E-state index >= 15 is 0 Å². The molecular formula is C22H25BrN. The van der Waals surface area contributed by atoms with Gasteiger partial charge in [0, 0.05) is 29.5 Å². The van der Waals surface area contributed by atoms with Crippen molar-refractivity contribution in [2.24, 2.45) is 0 Å². The molecule has 0 fully saturated rings. The minimum Gasteiger partial charge on any atom is -0.232 e. The van der Waals surface area contributed by atoms with Crippen molar-refractivity contribution in [1.29, 1.82) is 0 Å². The second-order valence-corrected chi connectivity index (χ2v) is 6.89. The van der Waals surface area contributed by atoms with Crippen LogP contribution in [0.5, 0.6) is 0 Å². The molecule has 125 valence electrons. The van der Waals surface area contributed by atoms with Crippen molar-refractivity contribution in [1.82, 2.24) is 5.32 Å². The standard InChI is InChI=1S/C22H25BrN/c1-2-3-4-5-6-7-8-19-9-11-20(12-10-19)17-24-18-21-13-15-22(23)16-14-21/h9-16H,2-6,17-18H2,1H3. The van der Waals surface area contributed by atoms with E-state index in [1.807, 2.05) is 0 Å². The number of hydrogen-bond acceptors (Lipinski definition) is 0. The van der Waals surface area contributed by atoms with Gasteiger partial charge in [-0.2, -0.15) is 0 Å². The van der Waals surface area contributed by atoms with Crippen LogP contribution in [0.4, 0.5) is 0 Å². The van der Waals surface area contributed by atoms with Crippen molar-refractivity contribution in [2.75, 3.05) is 0 Å². The first-order chi connectivity index (χ1) is 11.8. The third kappa shape index (κ3) is 7.34. The molecule has 1 radical (unpaired) electrons. The molecule has 0 aliphatic heterocycles. The summed E-state index contributed by atoms with van der Waals surface area (Å²) in [5.41, 5.74) is 3.58. The Bertz CT molecular complexity index is 647. The lowest BCUT2D eigenvalue weighted by Gasteiger charge is -2.04. The lowest BCUT2D eigenvalue weighted by molar-refractivity contribution is 0.676. The smallest absolute Gasteiger partial charge is 0.0388 e. The van der Waals surface area contributed by atoms with E-state index in [-0.39, 0.29) is 0 Å². The van der Waals surface area contributed by atoms with Gasteiger partial charge in [-0.05, 0) is 41.8 Å². The number of rotatable bonds is 8. The lowest BCUT2D eigenvalue weighted by Crippen LogP contribution is -2.04. The summed E-state index contributed by atoms with van der Waals surface area (Å²) in [4.78, 5) is 0. The second kappa shape index (κ2) is 11.1. The largest absolute Gasteiger partial charge is 0.232 e. The first-order valence-electron chi connectivity index (χ1n) is 8.73. The van der Waals surface area contributed by atoms with Crippen LogP contribution < -0.4 is 5.32 Å². The van der Waals surface area contributed by atoms with Gasteiger partial charge >= 0.3 is 0 Å². The number of nitrogens with zero attached hydrogens (tertiary/aromatic N) is 1. The summed E-state index contributed by atoms with van der Waals surface area (Å²) in [7, 11) is 0. The summed E-state index contributed by atoms with van der Waals surface area (Å²) in [6.45, 7) is 3.74. The predicted molar refractivity (Wildman–Crippen MR) is 106 cm³/mol. The maximum Gasteiger partial charge on any atom is 0.0388 e. The van der Waals surface area contributed by atoms with Crippen LogP contribution in [0, 0.1) is 11.8 Å². The highest BCUT2D eigenvalue weighted by Crippen LogP contribution is 2.11. The van der Waals surface area contributed by atoms with Gasteiger partial charge in [0.15, 0.2) is 0 Å². The molecule has 0 heterocycles. The van der Waals surface area contributed by atoms with Gasteiger partial charge in [0.1, 0.15) is 0 Å². The van der Waals surface area contributed by atoms with Gasteiger partial charge < -0.3 is 0 Å². The fraction of sp³-hybridized carbons (Fsp3) is 0.364. The molecule has 0 atom stereocenters. The molecule has 1 nitrogen and oxygen atoms in total. The first kappa shape index (κ1) is 18.8. The molecule has 0 spiro atoms. The molecule has 2 rings (SSSR count). The highest BCUT2D eigenvalue weighted by Gasteiger charge is 1.96. The summed E-state index contributed by atoms with van der Waals surface area (Å²) in [5, 5.41) is 4.62. The molecule has 0 aliphatic rings. The minimum absolute atomic E-state index is 0.751. The third-order valence-corrected chi connectivity index (χ3v) is 4.37. The monoisotopic (exact) mass is 382 g/mol. The van der Waals surface area contributed by atoms with Gasteiger partial charge in [-0.1, -0.05) is 78.2 Å². The van der Waals surface area contributed by atoms with Crippen LogP contribution in [-0.2, 0) is 13.1 Å². The Morgan fingerprint density at radius 2 is 1.46 bits per heavy atom. The summed E-state index contributed by atoms with van der Waals surface area (Å²) < 4.78 is 1.10. The van der Waals surface area contributed by atoms with Gasteiger partial charge in [-0.25, -0.2) is 5.32 Å². The van der Waals surface area contributed by atoms with Crippen LogP contribution in [0.2, 0.25) is 0 Å². The molecular weight excluding hydrogens is 358 g/mol. The molecule has 0 amide bonds. The molecule has 2 aromatic carbocycles. The van der Waals surface area contributed by atoms with Crippen molar-refractivity contribution < 1.29 is 0 Å². The Balaban J connectivity index is 1.71. The molecule has 2 aromatic rings. The van der Waals surface area contributed by atoms with Crippen LogP contribution in [0.3, 0.4) is 0 Å². The Morgan fingerprint density at radius 3 is 2.08 bits per heavy atom. The van der Waals surface area contributed by atoms with Gasteiger partial charge in [-0.15, -0.1) is 0 Å². The topological polar surface area (TPSA) is 14.1 Å². The van der Waals surface area contributed by atoms with Crippen molar-refractivity contribution >= 4 is 15.9 Å². The maximum absolute atomic E-state index is 4.62. The van der Waals surface area contributed by atoms with Crippen molar-refractivity contribution in [2.45, 2.75) is 52.1 Å². The van der Waals surface area contributed by atoms with E-state index in [0.29, 0.717) is 0 Å². The van der Waals surface area contributed by atoms with Crippen LogP contribution in [-0.4, -0.2) is 0 Å². The van der Waals surface area contributed by atoms with Crippen molar-refractivity contribution in [3.8, 4) is 11.8 Å². The van der Waals surface area contributed by atoms with Gasteiger partial charge in [0.25, 0.3) is 0 Å². The molecule has 0 aliphatic carbocycles. The lowest BCUT2D eigenvalue weighted by atomic mass is 10.1. The number of hydrogen-bond donors (Lipinski definition) is 0. The molecule has 0 bridgehead atoms. The summed E-state index contributed by atoms with van der Waals surface area (Å²) in [6, 6.07) is 16.8. The minimum atomic E-state index is 0.751. The van der Waals surface area contributed by atoms with E-state index in [4.69, 9.17) is 0 Å². The van der Waals surface area contributed by atoms with Gasteiger partial charge in [0.05, 0.1) is 0 Å². The number of benzene rings is 2. The highest BCUT2D eigenvalue weighted by molar-refractivity contribution is 9.10. The Kier molecular flexibility index (Phi) is 8.66. The van der Waals surface area contributed by atoms with Crippen LogP contribution >= 0.6 is 15.9 Å². The molecule has 0 aromatic heterocycles. The average molecular weight is 383 g/mol. The first-order valence-corrected chi connectivity index (χ1v) is 9.52. The van der Waals surface area contributed by atoms with Crippen LogP contribution in [0.1, 0.15) is 55.7 Å². The summed E-state index contributed by atoms with van der Waals surface area (Å²) >= 11 is 3.45. The summed E-state index contributed by atoms with van der Waals surface area (Å²) in [5.74, 6) is 6.52. The fourth-order valence-electron chi connectivity index (χ4n) is 2.40. The Hall–Kier alpha value is -1.56. The van der Waals surface area contributed by atoms with Crippen molar-refractivity contribution in [3.63, 3.8) is 0 Å². The SMILES string of the molecule is CCCCCCC#Cc1ccc(C[N]Cc2ccc(Br)cc2)cc1. The average Bonchev–Trinajstić information content (AvgIpc) is 2.61.